The fraction of sp³-hybridized carbons (Fsp3) is 0.588. The van der Waals surface area contributed by atoms with Gasteiger partial charge in [0.05, 0.1) is 6.10 Å². The number of piperidine rings is 1. The van der Waals surface area contributed by atoms with Gasteiger partial charge in [0.15, 0.2) is 0 Å². The summed E-state index contributed by atoms with van der Waals surface area (Å²) in [5.41, 5.74) is 5.55. The van der Waals surface area contributed by atoms with Crippen molar-refractivity contribution in [2.75, 3.05) is 13.1 Å². The van der Waals surface area contributed by atoms with Crippen molar-refractivity contribution in [2.45, 2.75) is 50.9 Å². The Bertz CT molecular complexity index is 546. The maximum absolute atomic E-state index is 13.0. The summed E-state index contributed by atoms with van der Waals surface area (Å²) in [7, 11) is 0. The van der Waals surface area contributed by atoms with E-state index >= 15 is 0 Å². The number of amides is 1. The zero-order valence-electron chi connectivity index (χ0n) is 13.9. The topological polar surface area (TPSA) is 75.8 Å². The molecule has 1 atom stereocenters. The van der Waals surface area contributed by atoms with Crippen LogP contribution in [0.15, 0.2) is 24.3 Å². The minimum atomic E-state index is -0.899. The molecule has 1 aromatic rings. The van der Waals surface area contributed by atoms with Gasteiger partial charge >= 0.3 is 6.09 Å². The van der Waals surface area contributed by atoms with Crippen molar-refractivity contribution in [2.24, 2.45) is 5.73 Å². The van der Waals surface area contributed by atoms with E-state index in [4.69, 9.17) is 10.5 Å². The molecule has 2 rings (SSSR count). The number of benzene rings is 1. The Morgan fingerprint density at radius 2 is 1.83 bits per heavy atom. The summed E-state index contributed by atoms with van der Waals surface area (Å²) in [5, 5.41) is 10.5. The number of nitrogens with zero attached hydrogens (tertiary/aromatic N) is 1. The molecule has 1 aromatic carbocycles. The molecule has 1 saturated heterocycles. The number of carbonyl (C=O) groups is 1. The normalized spacial score (nSPS) is 19.3. The van der Waals surface area contributed by atoms with Crippen LogP contribution >= 0.6 is 0 Å². The summed E-state index contributed by atoms with van der Waals surface area (Å²) in [6, 6.07) is 5.68. The van der Waals surface area contributed by atoms with Gasteiger partial charge in [-0.1, -0.05) is 12.1 Å². The fourth-order valence-electron chi connectivity index (χ4n) is 2.68. The minimum absolute atomic E-state index is 0.355. The monoisotopic (exact) mass is 324 g/mol. The average molecular weight is 324 g/mol. The van der Waals surface area contributed by atoms with Gasteiger partial charge in [-0.05, 0) is 51.3 Å². The number of nitrogens with two attached hydrogens (primary N) is 1. The van der Waals surface area contributed by atoms with Gasteiger partial charge in [0.1, 0.15) is 11.4 Å². The first-order chi connectivity index (χ1) is 10.6. The highest BCUT2D eigenvalue weighted by Crippen LogP contribution is 2.33. The first-order valence-electron chi connectivity index (χ1n) is 7.81. The Balaban J connectivity index is 1.99. The van der Waals surface area contributed by atoms with Gasteiger partial charge in [0, 0.05) is 18.6 Å². The van der Waals surface area contributed by atoms with E-state index in [0.29, 0.717) is 31.5 Å². The number of carbonyl (C=O) groups excluding carboxylic acids is 1. The molecule has 1 aliphatic rings. The Morgan fingerprint density at radius 3 is 2.30 bits per heavy atom. The fourth-order valence-corrected chi connectivity index (χ4v) is 2.68. The van der Waals surface area contributed by atoms with E-state index in [1.165, 1.54) is 24.3 Å². The van der Waals surface area contributed by atoms with Crippen molar-refractivity contribution >= 4 is 6.09 Å². The van der Waals surface area contributed by atoms with Crippen LogP contribution in [0.1, 0.15) is 45.3 Å². The molecule has 1 amide bonds. The van der Waals surface area contributed by atoms with Crippen molar-refractivity contribution in [3.63, 3.8) is 0 Å². The highest BCUT2D eigenvalue weighted by atomic mass is 19.1. The van der Waals surface area contributed by atoms with Gasteiger partial charge in [-0.15, -0.1) is 0 Å². The Kier molecular flexibility index (Phi) is 4.96. The molecule has 0 aromatic heterocycles. The van der Waals surface area contributed by atoms with E-state index in [1.54, 1.807) is 4.90 Å². The zero-order chi connectivity index (χ0) is 17.3. The maximum atomic E-state index is 13.0. The molecule has 5 nitrogen and oxygen atoms in total. The second-order valence-electron chi connectivity index (χ2n) is 7.15. The molecule has 1 heterocycles. The first kappa shape index (κ1) is 17.7. The van der Waals surface area contributed by atoms with Gasteiger partial charge in [-0.2, -0.15) is 0 Å². The maximum Gasteiger partial charge on any atom is 0.410 e. The van der Waals surface area contributed by atoms with Crippen LogP contribution in [-0.2, 0) is 4.74 Å². The van der Waals surface area contributed by atoms with Crippen molar-refractivity contribution in [3.05, 3.63) is 35.6 Å². The summed E-state index contributed by atoms with van der Waals surface area (Å²) in [6.07, 6.45) is -0.366. The van der Waals surface area contributed by atoms with E-state index in [0.717, 1.165) is 0 Å². The smallest absolute Gasteiger partial charge is 0.410 e. The first-order valence-corrected chi connectivity index (χ1v) is 7.81. The molecule has 0 radical (unpaired) electrons. The Hall–Kier alpha value is -1.66. The van der Waals surface area contributed by atoms with Crippen LogP contribution in [0.2, 0.25) is 0 Å². The highest BCUT2D eigenvalue weighted by molar-refractivity contribution is 5.68. The number of hydrogen-bond acceptors (Lipinski definition) is 4. The van der Waals surface area contributed by atoms with E-state index in [9.17, 15) is 14.3 Å². The summed E-state index contributed by atoms with van der Waals surface area (Å²) in [5.74, 6) is -0.355. The molecule has 1 unspecified atom stereocenters. The highest BCUT2D eigenvalue weighted by Gasteiger charge is 2.40. The quantitative estimate of drug-likeness (QED) is 0.877. The van der Waals surface area contributed by atoms with E-state index < -0.39 is 17.2 Å². The predicted molar refractivity (Wildman–Crippen MR) is 85.3 cm³/mol. The molecule has 1 aliphatic heterocycles. The standard InChI is InChI=1S/C17H25FN2O3/c1-16(2,3)23-15(22)20-10-8-17(19,9-11-20)14(21)12-4-6-13(18)7-5-12/h4-7,14,21H,8-11,19H2,1-3H3. The lowest BCUT2D eigenvalue weighted by Crippen LogP contribution is -2.55. The number of rotatable bonds is 2. The molecule has 6 heteroatoms. The van der Waals surface area contributed by atoms with Crippen molar-refractivity contribution < 1.29 is 19.0 Å². The van der Waals surface area contributed by atoms with Gasteiger partial charge < -0.3 is 20.5 Å². The van der Waals surface area contributed by atoms with Gasteiger partial charge in [-0.3, -0.25) is 0 Å². The second kappa shape index (κ2) is 6.45. The lowest BCUT2D eigenvalue weighted by Gasteiger charge is -2.42. The number of aliphatic hydroxyl groups is 1. The van der Waals surface area contributed by atoms with Crippen molar-refractivity contribution in [3.8, 4) is 0 Å². The molecule has 3 N–H and O–H groups in total. The number of hydrogen-bond donors (Lipinski definition) is 2. The SMILES string of the molecule is CC(C)(C)OC(=O)N1CCC(N)(C(O)c2ccc(F)cc2)CC1. The molecule has 0 spiro atoms. The summed E-state index contributed by atoms with van der Waals surface area (Å²) < 4.78 is 18.3. The van der Waals surface area contributed by atoms with E-state index in [2.05, 4.69) is 0 Å². The number of likely N-dealkylation sites (tertiary alicyclic amines) is 1. The molecular weight excluding hydrogens is 299 g/mol. The van der Waals surface area contributed by atoms with Gasteiger partial charge in [0.2, 0.25) is 0 Å². The minimum Gasteiger partial charge on any atom is -0.444 e. The Morgan fingerprint density at radius 1 is 1.30 bits per heavy atom. The molecule has 0 bridgehead atoms. The molecule has 23 heavy (non-hydrogen) atoms. The van der Waals surface area contributed by atoms with E-state index in [-0.39, 0.29) is 11.9 Å². The largest absolute Gasteiger partial charge is 0.444 e. The van der Waals surface area contributed by atoms with Crippen LogP contribution in [0, 0.1) is 5.82 Å². The van der Waals surface area contributed by atoms with Crippen molar-refractivity contribution in [1.29, 1.82) is 0 Å². The second-order valence-corrected chi connectivity index (χ2v) is 7.15. The van der Waals surface area contributed by atoms with Crippen LogP contribution in [-0.4, -0.2) is 40.3 Å². The van der Waals surface area contributed by atoms with Gasteiger partial charge in [0.25, 0.3) is 0 Å². The lowest BCUT2D eigenvalue weighted by molar-refractivity contribution is 0.000451. The number of ether oxygens (including phenoxy) is 1. The van der Waals surface area contributed by atoms with Crippen LogP contribution in [0.4, 0.5) is 9.18 Å². The summed E-state index contributed by atoms with van der Waals surface area (Å²) in [6.45, 7) is 6.30. The summed E-state index contributed by atoms with van der Waals surface area (Å²) in [4.78, 5) is 13.7. The molecule has 128 valence electrons. The average Bonchev–Trinajstić information content (AvgIpc) is 2.46. The molecule has 0 aliphatic carbocycles. The third kappa shape index (κ3) is 4.42. The van der Waals surface area contributed by atoms with Gasteiger partial charge in [-0.25, -0.2) is 9.18 Å². The van der Waals surface area contributed by atoms with Crippen LogP contribution in [0.3, 0.4) is 0 Å². The van der Waals surface area contributed by atoms with Crippen LogP contribution in [0.5, 0.6) is 0 Å². The predicted octanol–water partition coefficient (Wildman–Crippen LogP) is 2.59. The third-order valence-corrected chi connectivity index (χ3v) is 4.08. The van der Waals surface area contributed by atoms with Crippen LogP contribution in [0.25, 0.3) is 0 Å². The third-order valence-electron chi connectivity index (χ3n) is 4.08. The lowest BCUT2D eigenvalue weighted by atomic mass is 9.80. The number of halogens is 1. The van der Waals surface area contributed by atoms with Crippen LogP contribution < -0.4 is 5.73 Å². The molecule has 1 fully saturated rings. The zero-order valence-corrected chi connectivity index (χ0v) is 13.9. The summed E-state index contributed by atoms with van der Waals surface area (Å²) >= 11 is 0. The Labute approximate surface area is 136 Å². The molecular formula is C17H25FN2O3. The molecule has 0 saturated carbocycles. The number of aliphatic hydroxyl groups excluding tert-OH is 1. The van der Waals surface area contributed by atoms with E-state index in [1.807, 2.05) is 20.8 Å². The van der Waals surface area contributed by atoms with Crippen molar-refractivity contribution in [1.82, 2.24) is 4.90 Å².